The van der Waals surface area contributed by atoms with Crippen molar-refractivity contribution in [2.45, 2.75) is 13.8 Å². The van der Waals surface area contributed by atoms with E-state index in [2.05, 4.69) is 20.4 Å². The second-order valence-corrected chi connectivity index (χ2v) is 5.21. The van der Waals surface area contributed by atoms with E-state index in [0.717, 1.165) is 5.56 Å². The second-order valence-electron chi connectivity index (χ2n) is 5.21. The minimum absolute atomic E-state index is 0.0790. The van der Waals surface area contributed by atoms with Crippen molar-refractivity contribution < 1.29 is 9.53 Å². The number of benzene rings is 1. The summed E-state index contributed by atoms with van der Waals surface area (Å²) in [6.45, 7) is 3.65. The van der Waals surface area contributed by atoms with Gasteiger partial charge in [0.05, 0.1) is 0 Å². The zero-order chi connectivity index (χ0) is 16.9. The molecule has 1 aromatic carbocycles. The molecule has 1 amide bonds. The molecule has 2 aromatic heterocycles. The lowest BCUT2D eigenvalue weighted by molar-refractivity contribution is -0.118. The summed E-state index contributed by atoms with van der Waals surface area (Å²) in [6.07, 6.45) is 3.38. The molecule has 0 aliphatic heterocycles. The lowest BCUT2D eigenvalue weighted by Gasteiger charge is -2.08. The van der Waals surface area contributed by atoms with Crippen molar-refractivity contribution >= 4 is 11.7 Å². The summed E-state index contributed by atoms with van der Waals surface area (Å²) in [5, 5.41) is 6.97. The minimum Gasteiger partial charge on any atom is -0.483 e. The Balaban J connectivity index is 1.60. The highest BCUT2D eigenvalue weighted by Gasteiger charge is 2.08. The zero-order valence-corrected chi connectivity index (χ0v) is 13.4. The largest absolute Gasteiger partial charge is 0.483 e. The first-order valence-electron chi connectivity index (χ1n) is 7.46. The molecule has 1 N–H and O–H groups in total. The number of rotatable bonds is 5. The molecular weight excluding hydrogens is 306 g/mol. The van der Waals surface area contributed by atoms with Gasteiger partial charge in [0.25, 0.3) is 5.91 Å². The van der Waals surface area contributed by atoms with E-state index in [1.165, 1.54) is 0 Å². The molecule has 0 fully saturated rings. The highest BCUT2D eigenvalue weighted by Crippen LogP contribution is 2.16. The van der Waals surface area contributed by atoms with E-state index in [9.17, 15) is 4.79 Å². The lowest BCUT2D eigenvalue weighted by Crippen LogP contribution is -2.20. The van der Waals surface area contributed by atoms with Crippen molar-refractivity contribution in [3.63, 3.8) is 0 Å². The number of aryl methyl sites for hydroxylation is 2. The summed E-state index contributed by atoms with van der Waals surface area (Å²) in [6, 6.07) is 11.0. The van der Waals surface area contributed by atoms with Crippen molar-refractivity contribution in [3.05, 3.63) is 60.2 Å². The van der Waals surface area contributed by atoms with Gasteiger partial charge in [0.2, 0.25) is 0 Å². The van der Waals surface area contributed by atoms with E-state index in [1.54, 1.807) is 36.1 Å². The Morgan fingerprint density at radius 1 is 1.21 bits per heavy atom. The van der Waals surface area contributed by atoms with Crippen LogP contribution in [0.15, 0.2) is 48.8 Å². The van der Waals surface area contributed by atoms with Gasteiger partial charge in [-0.05, 0) is 25.5 Å². The summed E-state index contributed by atoms with van der Waals surface area (Å²) in [5.41, 5.74) is 0.980. The van der Waals surface area contributed by atoms with E-state index in [-0.39, 0.29) is 12.5 Å². The van der Waals surface area contributed by atoms with Crippen molar-refractivity contribution in [1.29, 1.82) is 0 Å². The molecule has 7 nitrogen and oxygen atoms in total. The van der Waals surface area contributed by atoms with Crippen LogP contribution in [0, 0.1) is 13.8 Å². The molecule has 0 unspecified atom stereocenters. The summed E-state index contributed by atoms with van der Waals surface area (Å²) in [4.78, 5) is 20.3. The highest BCUT2D eigenvalue weighted by molar-refractivity contribution is 5.90. The van der Waals surface area contributed by atoms with E-state index >= 15 is 0 Å². The third kappa shape index (κ3) is 3.75. The van der Waals surface area contributed by atoms with E-state index in [1.807, 2.05) is 31.2 Å². The molecule has 0 saturated carbocycles. The van der Waals surface area contributed by atoms with Gasteiger partial charge in [-0.15, -0.1) is 5.10 Å². The Hall–Kier alpha value is -3.22. The summed E-state index contributed by atoms with van der Waals surface area (Å²) < 4.78 is 7.09. The van der Waals surface area contributed by atoms with Gasteiger partial charge in [-0.2, -0.15) is 0 Å². The zero-order valence-electron chi connectivity index (χ0n) is 13.4. The van der Waals surface area contributed by atoms with Crippen LogP contribution >= 0.6 is 0 Å². The number of nitrogens with one attached hydrogen (secondary N) is 1. The molecule has 0 bridgehead atoms. The number of carbonyl (C=O) groups excluding carboxylic acids is 1. The first kappa shape index (κ1) is 15.7. The van der Waals surface area contributed by atoms with Crippen LogP contribution in [0.1, 0.15) is 11.4 Å². The van der Waals surface area contributed by atoms with Gasteiger partial charge in [-0.1, -0.05) is 18.2 Å². The number of nitrogens with zero attached hydrogens (tertiary/aromatic N) is 4. The average molecular weight is 323 g/mol. The van der Waals surface area contributed by atoms with Crippen LogP contribution in [-0.2, 0) is 4.79 Å². The van der Waals surface area contributed by atoms with E-state index < -0.39 is 0 Å². The van der Waals surface area contributed by atoms with Crippen LogP contribution in [0.3, 0.4) is 0 Å². The molecule has 2 heterocycles. The van der Waals surface area contributed by atoms with Crippen LogP contribution in [0.4, 0.5) is 5.82 Å². The Kier molecular flexibility index (Phi) is 4.51. The first-order chi connectivity index (χ1) is 11.6. The maximum atomic E-state index is 12.0. The van der Waals surface area contributed by atoms with Crippen LogP contribution in [0.5, 0.6) is 5.75 Å². The second kappa shape index (κ2) is 6.91. The Labute approximate surface area is 139 Å². The number of hydrogen-bond acceptors (Lipinski definition) is 5. The van der Waals surface area contributed by atoms with E-state index in [4.69, 9.17) is 4.74 Å². The van der Waals surface area contributed by atoms with Gasteiger partial charge >= 0.3 is 0 Å². The van der Waals surface area contributed by atoms with Gasteiger partial charge in [0, 0.05) is 24.5 Å². The fourth-order valence-corrected chi connectivity index (χ4v) is 2.13. The first-order valence-corrected chi connectivity index (χ1v) is 7.46. The standard InChI is InChI=1S/C17H17N5O2/c1-12-5-3-4-6-14(12)24-11-17(23)20-15-8-10-22(21-15)16-7-9-18-13(2)19-16/h3-10H,11H2,1-2H3,(H,20,21,23). The van der Waals surface area contributed by atoms with Crippen LogP contribution in [0.25, 0.3) is 5.82 Å². The smallest absolute Gasteiger partial charge is 0.263 e. The molecule has 0 radical (unpaired) electrons. The predicted molar refractivity (Wildman–Crippen MR) is 89.2 cm³/mol. The number of carbonyl (C=O) groups is 1. The van der Waals surface area contributed by atoms with Crippen LogP contribution in [0.2, 0.25) is 0 Å². The normalized spacial score (nSPS) is 10.4. The number of aromatic nitrogens is 4. The number of ether oxygens (including phenoxy) is 1. The molecule has 0 saturated heterocycles. The number of amides is 1. The molecule has 0 aliphatic rings. The third-order valence-corrected chi connectivity index (χ3v) is 3.30. The SMILES string of the molecule is Cc1nccc(-n2ccc(NC(=O)COc3ccccc3C)n2)n1. The van der Waals surface area contributed by atoms with Gasteiger partial charge in [0.15, 0.2) is 18.2 Å². The number of hydrogen-bond donors (Lipinski definition) is 1. The average Bonchev–Trinajstić information content (AvgIpc) is 3.02. The number of para-hydroxylation sites is 1. The van der Waals surface area contributed by atoms with Crippen LogP contribution < -0.4 is 10.1 Å². The fraction of sp³-hybridized carbons (Fsp3) is 0.176. The van der Waals surface area contributed by atoms with Crippen molar-refractivity contribution in [2.75, 3.05) is 11.9 Å². The minimum atomic E-state index is -0.276. The highest BCUT2D eigenvalue weighted by atomic mass is 16.5. The molecule has 24 heavy (non-hydrogen) atoms. The molecular formula is C17H17N5O2. The van der Waals surface area contributed by atoms with Crippen LogP contribution in [-0.4, -0.2) is 32.3 Å². The molecule has 122 valence electrons. The van der Waals surface area contributed by atoms with E-state index in [0.29, 0.717) is 23.2 Å². The quantitative estimate of drug-likeness (QED) is 0.779. The van der Waals surface area contributed by atoms with Crippen molar-refractivity contribution in [2.24, 2.45) is 0 Å². The third-order valence-electron chi connectivity index (χ3n) is 3.30. The van der Waals surface area contributed by atoms with Crippen molar-refractivity contribution in [3.8, 4) is 11.6 Å². The van der Waals surface area contributed by atoms with Gasteiger partial charge in [0.1, 0.15) is 11.6 Å². The fourth-order valence-electron chi connectivity index (χ4n) is 2.13. The predicted octanol–water partition coefficient (Wildman–Crippen LogP) is 2.30. The molecule has 3 aromatic rings. The summed E-state index contributed by atoms with van der Waals surface area (Å²) in [5.74, 6) is 2.14. The van der Waals surface area contributed by atoms with Gasteiger partial charge in [-0.3, -0.25) is 4.79 Å². The van der Waals surface area contributed by atoms with Gasteiger partial charge in [-0.25, -0.2) is 14.6 Å². The maximum Gasteiger partial charge on any atom is 0.263 e. The Morgan fingerprint density at radius 2 is 2.04 bits per heavy atom. The topological polar surface area (TPSA) is 81.9 Å². The summed E-state index contributed by atoms with van der Waals surface area (Å²) in [7, 11) is 0. The Morgan fingerprint density at radius 3 is 2.83 bits per heavy atom. The monoisotopic (exact) mass is 323 g/mol. The molecule has 0 spiro atoms. The molecule has 3 rings (SSSR count). The molecule has 7 heteroatoms. The lowest BCUT2D eigenvalue weighted by atomic mass is 10.2. The van der Waals surface area contributed by atoms with Gasteiger partial charge < -0.3 is 10.1 Å². The van der Waals surface area contributed by atoms with Crippen molar-refractivity contribution in [1.82, 2.24) is 19.7 Å². The molecule has 0 aliphatic carbocycles. The summed E-state index contributed by atoms with van der Waals surface area (Å²) >= 11 is 0. The molecule has 0 atom stereocenters. The maximum absolute atomic E-state index is 12.0. The number of anilines is 1. The Bertz CT molecular complexity index is 859.